The van der Waals surface area contributed by atoms with Gasteiger partial charge in [0, 0.05) is 25.0 Å². The van der Waals surface area contributed by atoms with Crippen LogP contribution in [0, 0.1) is 5.92 Å². The Morgan fingerprint density at radius 1 is 1.40 bits per heavy atom. The van der Waals surface area contributed by atoms with Crippen LogP contribution in [0.15, 0.2) is 22.8 Å². The van der Waals surface area contributed by atoms with Crippen molar-refractivity contribution >= 4 is 17.7 Å². The lowest BCUT2D eigenvalue weighted by molar-refractivity contribution is -0.139. The number of likely N-dealkylation sites (N-methyl/N-ethyl adjacent to an activating group) is 1. The summed E-state index contributed by atoms with van der Waals surface area (Å²) in [5, 5.41) is 2.85. The zero-order chi connectivity index (χ0) is 18.6. The number of furan rings is 1. The van der Waals surface area contributed by atoms with E-state index in [1.54, 1.807) is 23.3 Å². The predicted molar refractivity (Wildman–Crippen MR) is 92.4 cm³/mol. The number of nitrogens with one attached hydrogen (secondary N) is 1. The van der Waals surface area contributed by atoms with Crippen LogP contribution in [0.5, 0.6) is 0 Å². The highest BCUT2D eigenvalue weighted by Gasteiger charge is 2.37. The normalized spacial score (nSPS) is 17.7. The fourth-order valence-corrected chi connectivity index (χ4v) is 2.92. The molecule has 7 heteroatoms. The summed E-state index contributed by atoms with van der Waals surface area (Å²) < 4.78 is 5.26. The molecule has 1 aliphatic heterocycles. The summed E-state index contributed by atoms with van der Waals surface area (Å²) in [6.07, 6.45) is 1.74. The van der Waals surface area contributed by atoms with Crippen molar-refractivity contribution in [3.8, 4) is 0 Å². The van der Waals surface area contributed by atoms with Crippen LogP contribution < -0.4 is 5.32 Å². The largest absolute Gasteiger partial charge is 0.467 e. The third-order valence-corrected chi connectivity index (χ3v) is 4.03. The fourth-order valence-electron chi connectivity index (χ4n) is 2.92. The predicted octanol–water partition coefficient (Wildman–Crippen LogP) is 1.39. The lowest BCUT2D eigenvalue weighted by Gasteiger charge is -2.26. The van der Waals surface area contributed by atoms with Crippen LogP contribution in [0.4, 0.5) is 0 Å². The zero-order valence-electron chi connectivity index (χ0n) is 15.4. The molecule has 1 atom stereocenters. The second kappa shape index (κ2) is 7.72. The van der Waals surface area contributed by atoms with Gasteiger partial charge in [-0.1, -0.05) is 0 Å². The van der Waals surface area contributed by atoms with E-state index < -0.39 is 5.92 Å². The quantitative estimate of drug-likeness (QED) is 0.841. The second-order valence-electron chi connectivity index (χ2n) is 7.41. The highest BCUT2D eigenvalue weighted by atomic mass is 16.3. The molecule has 7 nitrogen and oxygen atoms in total. The van der Waals surface area contributed by atoms with Gasteiger partial charge in [-0.05, 0) is 39.8 Å². The summed E-state index contributed by atoms with van der Waals surface area (Å²) in [4.78, 5) is 40.1. The van der Waals surface area contributed by atoms with Crippen LogP contribution in [-0.2, 0) is 20.9 Å². The van der Waals surface area contributed by atoms with Gasteiger partial charge in [0.2, 0.25) is 17.7 Å². The van der Waals surface area contributed by atoms with Crippen molar-refractivity contribution in [1.82, 2.24) is 15.1 Å². The Bertz CT molecular complexity index is 619. The summed E-state index contributed by atoms with van der Waals surface area (Å²) in [6.45, 7) is 8.68. The molecule has 1 unspecified atom stereocenters. The van der Waals surface area contributed by atoms with E-state index in [4.69, 9.17) is 4.42 Å². The molecule has 0 aromatic carbocycles. The van der Waals surface area contributed by atoms with Gasteiger partial charge in [-0.25, -0.2) is 0 Å². The monoisotopic (exact) mass is 349 g/mol. The zero-order valence-corrected chi connectivity index (χ0v) is 15.4. The minimum absolute atomic E-state index is 0.00940. The minimum Gasteiger partial charge on any atom is -0.467 e. The van der Waals surface area contributed by atoms with Crippen LogP contribution in [-0.4, -0.2) is 52.7 Å². The van der Waals surface area contributed by atoms with Crippen LogP contribution in [0.1, 0.15) is 39.9 Å². The molecule has 138 valence electrons. The molecule has 2 rings (SSSR count). The fraction of sp³-hybridized carbons (Fsp3) is 0.611. The molecule has 2 heterocycles. The highest BCUT2D eigenvalue weighted by molar-refractivity contribution is 5.91. The Morgan fingerprint density at radius 3 is 2.68 bits per heavy atom. The average Bonchev–Trinajstić information content (AvgIpc) is 3.13. The third-order valence-electron chi connectivity index (χ3n) is 4.03. The van der Waals surface area contributed by atoms with Crippen LogP contribution >= 0.6 is 0 Å². The Morgan fingerprint density at radius 2 is 2.12 bits per heavy atom. The number of carbonyl (C=O) groups excluding carboxylic acids is 3. The van der Waals surface area contributed by atoms with E-state index in [-0.39, 0.29) is 36.2 Å². The van der Waals surface area contributed by atoms with E-state index in [1.165, 1.54) is 4.90 Å². The first kappa shape index (κ1) is 19.0. The molecule has 0 saturated carbocycles. The van der Waals surface area contributed by atoms with E-state index >= 15 is 0 Å². The summed E-state index contributed by atoms with van der Waals surface area (Å²) in [6, 6.07) is 3.57. The van der Waals surface area contributed by atoms with E-state index in [0.29, 0.717) is 25.4 Å². The molecule has 0 bridgehead atoms. The Hall–Kier alpha value is -2.31. The number of hydrogen-bond acceptors (Lipinski definition) is 4. The molecular formula is C18H27N3O4. The van der Waals surface area contributed by atoms with Gasteiger partial charge in [0.25, 0.3) is 0 Å². The molecule has 1 aromatic heterocycles. The lowest BCUT2D eigenvalue weighted by Crippen LogP contribution is -2.48. The molecule has 1 aromatic rings. The smallest absolute Gasteiger partial charge is 0.240 e. The van der Waals surface area contributed by atoms with Crippen molar-refractivity contribution in [1.29, 1.82) is 0 Å². The molecular weight excluding hydrogens is 322 g/mol. The maximum atomic E-state index is 12.7. The Balaban J connectivity index is 1.94. The first-order valence-electron chi connectivity index (χ1n) is 8.59. The van der Waals surface area contributed by atoms with Gasteiger partial charge in [0.15, 0.2) is 0 Å². The Labute approximate surface area is 148 Å². The number of hydrogen-bond donors (Lipinski definition) is 1. The summed E-state index contributed by atoms with van der Waals surface area (Å²) >= 11 is 0. The van der Waals surface area contributed by atoms with E-state index in [0.717, 1.165) is 0 Å². The van der Waals surface area contributed by atoms with Gasteiger partial charge >= 0.3 is 0 Å². The van der Waals surface area contributed by atoms with Crippen molar-refractivity contribution in [2.24, 2.45) is 5.92 Å². The minimum atomic E-state index is -0.412. The molecule has 0 radical (unpaired) electrons. The molecule has 25 heavy (non-hydrogen) atoms. The van der Waals surface area contributed by atoms with Crippen LogP contribution in [0.25, 0.3) is 0 Å². The number of carbonyl (C=O) groups is 3. The van der Waals surface area contributed by atoms with E-state index in [2.05, 4.69) is 5.32 Å². The van der Waals surface area contributed by atoms with Crippen molar-refractivity contribution < 1.29 is 18.8 Å². The van der Waals surface area contributed by atoms with Crippen LogP contribution in [0.3, 0.4) is 0 Å². The SMILES string of the molecule is CCN(CC(=O)NC(C)(C)C)C(=O)C1CC(=O)N(Cc2ccco2)C1. The first-order valence-corrected chi connectivity index (χ1v) is 8.59. The number of nitrogens with zero attached hydrogens (tertiary/aromatic N) is 2. The van der Waals surface area contributed by atoms with E-state index in [1.807, 2.05) is 27.7 Å². The lowest BCUT2D eigenvalue weighted by atomic mass is 10.1. The maximum Gasteiger partial charge on any atom is 0.240 e. The molecule has 1 N–H and O–H groups in total. The molecule has 1 fully saturated rings. The summed E-state index contributed by atoms with van der Waals surface area (Å²) in [5.41, 5.74) is -0.345. The van der Waals surface area contributed by atoms with Gasteiger partial charge in [-0.15, -0.1) is 0 Å². The summed E-state index contributed by atoms with van der Waals surface area (Å²) in [7, 11) is 0. The van der Waals surface area contributed by atoms with E-state index in [9.17, 15) is 14.4 Å². The topological polar surface area (TPSA) is 82.9 Å². The van der Waals surface area contributed by atoms with Crippen LogP contribution in [0.2, 0.25) is 0 Å². The standard InChI is InChI=1S/C18H27N3O4/c1-5-20(12-15(22)19-18(2,3)4)17(24)13-9-16(23)21(10-13)11-14-7-6-8-25-14/h6-8,13H,5,9-12H2,1-4H3,(H,19,22). The average molecular weight is 349 g/mol. The maximum absolute atomic E-state index is 12.7. The third kappa shape index (κ3) is 5.34. The van der Waals surface area contributed by atoms with Gasteiger partial charge in [-0.3, -0.25) is 14.4 Å². The molecule has 0 spiro atoms. The molecule has 3 amide bonds. The summed E-state index contributed by atoms with van der Waals surface area (Å²) in [5.74, 6) is -0.130. The molecule has 1 aliphatic rings. The number of rotatable bonds is 6. The van der Waals surface area contributed by atoms with Gasteiger partial charge < -0.3 is 19.5 Å². The molecule has 1 saturated heterocycles. The second-order valence-corrected chi connectivity index (χ2v) is 7.41. The Kier molecular flexibility index (Phi) is 5.87. The van der Waals surface area contributed by atoms with Gasteiger partial charge in [0.1, 0.15) is 5.76 Å². The van der Waals surface area contributed by atoms with Crippen molar-refractivity contribution in [2.45, 2.75) is 46.2 Å². The van der Waals surface area contributed by atoms with Gasteiger partial charge in [0.05, 0.1) is 25.3 Å². The van der Waals surface area contributed by atoms with Crippen molar-refractivity contribution in [3.05, 3.63) is 24.2 Å². The first-order chi connectivity index (χ1) is 11.7. The number of likely N-dealkylation sites (tertiary alicyclic amines) is 1. The van der Waals surface area contributed by atoms with Crippen molar-refractivity contribution in [2.75, 3.05) is 19.6 Å². The number of amides is 3. The molecule has 0 aliphatic carbocycles. The van der Waals surface area contributed by atoms with Gasteiger partial charge in [-0.2, -0.15) is 0 Å². The van der Waals surface area contributed by atoms with Crippen molar-refractivity contribution in [3.63, 3.8) is 0 Å². The highest BCUT2D eigenvalue weighted by Crippen LogP contribution is 2.22.